The summed E-state index contributed by atoms with van der Waals surface area (Å²) in [7, 11) is 0. The lowest BCUT2D eigenvalue weighted by molar-refractivity contribution is 0.263. The van der Waals surface area contributed by atoms with E-state index in [0.717, 1.165) is 31.1 Å². The number of hydrogen-bond acceptors (Lipinski definition) is 3. The number of rotatable bonds is 3. The van der Waals surface area contributed by atoms with Gasteiger partial charge < -0.3 is 10.6 Å². The van der Waals surface area contributed by atoms with Gasteiger partial charge in [-0.25, -0.2) is 0 Å². The van der Waals surface area contributed by atoms with Gasteiger partial charge in [-0.2, -0.15) is 0 Å². The first-order valence-electron chi connectivity index (χ1n) is 7.38. The van der Waals surface area contributed by atoms with Crippen molar-refractivity contribution in [3.05, 3.63) is 24.0 Å². The monoisotopic (exact) mass is 261 g/mol. The Morgan fingerprint density at radius 1 is 1.42 bits per heavy atom. The molecule has 1 aliphatic heterocycles. The van der Waals surface area contributed by atoms with E-state index in [1.165, 1.54) is 12.1 Å². The summed E-state index contributed by atoms with van der Waals surface area (Å²) < 4.78 is 0. The first kappa shape index (κ1) is 14.3. The number of nitrogens with zero attached hydrogens (tertiary/aromatic N) is 2. The van der Waals surface area contributed by atoms with Gasteiger partial charge in [-0.15, -0.1) is 0 Å². The first-order chi connectivity index (χ1) is 8.91. The molecule has 1 unspecified atom stereocenters. The van der Waals surface area contributed by atoms with Crippen molar-refractivity contribution < 1.29 is 0 Å². The van der Waals surface area contributed by atoms with Crippen molar-refractivity contribution in [3.63, 3.8) is 0 Å². The molecule has 0 aromatic carbocycles. The molecule has 3 nitrogen and oxygen atoms in total. The third-order valence-corrected chi connectivity index (χ3v) is 4.37. The molecule has 2 atom stereocenters. The molecule has 1 saturated heterocycles. The van der Waals surface area contributed by atoms with Gasteiger partial charge in [0, 0.05) is 19.1 Å². The van der Waals surface area contributed by atoms with Crippen LogP contribution in [0.5, 0.6) is 0 Å². The van der Waals surface area contributed by atoms with Crippen molar-refractivity contribution >= 4 is 5.69 Å². The highest BCUT2D eigenvalue weighted by Crippen LogP contribution is 2.35. The fourth-order valence-corrected chi connectivity index (χ4v) is 2.71. The standard InChI is InChI=1S/C16H27N3/c1-5-14(17)15-7-6-13(10-18-15)19-9-8-12(11-19)16(2,3)4/h6-7,10,12,14H,5,8-9,11,17H2,1-4H3/t12?,14-/m0/s1. The Kier molecular flexibility index (Phi) is 4.14. The van der Waals surface area contributed by atoms with Gasteiger partial charge in [0.25, 0.3) is 0 Å². The molecule has 19 heavy (non-hydrogen) atoms. The molecule has 0 bridgehead atoms. The first-order valence-corrected chi connectivity index (χ1v) is 7.38. The quantitative estimate of drug-likeness (QED) is 0.907. The van der Waals surface area contributed by atoms with Crippen LogP contribution >= 0.6 is 0 Å². The molecular weight excluding hydrogens is 234 g/mol. The number of aromatic nitrogens is 1. The average molecular weight is 261 g/mol. The van der Waals surface area contributed by atoms with Crippen LogP contribution in [0, 0.1) is 11.3 Å². The Hall–Kier alpha value is -1.09. The minimum Gasteiger partial charge on any atom is -0.370 e. The van der Waals surface area contributed by atoms with Crippen molar-refractivity contribution in [2.24, 2.45) is 17.1 Å². The Morgan fingerprint density at radius 2 is 2.16 bits per heavy atom. The van der Waals surface area contributed by atoms with E-state index in [0.29, 0.717) is 5.41 Å². The Balaban J connectivity index is 2.04. The van der Waals surface area contributed by atoms with Crippen molar-refractivity contribution in [1.82, 2.24) is 4.98 Å². The summed E-state index contributed by atoms with van der Waals surface area (Å²) in [6, 6.07) is 4.31. The van der Waals surface area contributed by atoms with E-state index >= 15 is 0 Å². The second-order valence-electron chi connectivity index (χ2n) is 6.75. The molecule has 1 aromatic rings. The summed E-state index contributed by atoms with van der Waals surface area (Å²) in [4.78, 5) is 6.96. The molecular formula is C16H27N3. The van der Waals surface area contributed by atoms with E-state index in [1.807, 2.05) is 6.20 Å². The lowest BCUT2D eigenvalue weighted by atomic mass is 9.80. The largest absolute Gasteiger partial charge is 0.370 e. The normalized spacial score (nSPS) is 21.7. The van der Waals surface area contributed by atoms with Gasteiger partial charge in [-0.05, 0) is 36.3 Å². The number of nitrogens with two attached hydrogens (primary N) is 1. The summed E-state index contributed by atoms with van der Waals surface area (Å²) in [5.74, 6) is 0.769. The van der Waals surface area contributed by atoms with Crippen molar-refractivity contribution in [2.45, 2.75) is 46.6 Å². The summed E-state index contributed by atoms with van der Waals surface area (Å²) in [6.07, 6.45) is 4.19. The Bertz CT molecular complexity index is 405. The van der Waals surface area contributed by atoms with Crippen LogP contribution in [0.3, 0.4) is 0 Å². The number of hydrogen-bond donors (Lipinski definition) is 1. The molecule has 2 heterocycles. The van der Waals surface area contributed by atoms with Gasteiger partial charge in [-0.1, -0.05) is 27.7 Å². The maximum atomic E-state index is 6.00. The van der Waals surface area contributed by atoms with Gasteiger partial charge in [-0.3, -0.25) is 4.98 Å². The molecule has 1 aromatic heterocycles. The molecule has 0 aliphatic carbocycles. The van der Waals surface area contributed by atoms with Crippen LogP contribution in [-0.2, 0) is 0 Å². The van der Waals surface area contributed by atoms with Gasteiger partial charge in [0.2, 0.25) is 0 Å². The summed E-state index contributed by atoms with van der Waals surface area (Å²) in [5.41, 5.74) is 8.63. The maximum absolute atomic E-state index is 6.00. The molecule has 2 rings (SSSR count). The van der Waals surface area contributed by atoms with Crippen LogP contribution < -0.4 is 10.6 Å². The van der Waals surface area contributed by atoms with E-state index in [-0.39, 0.29) is 6.04 Å². The van der Waals surface area contributed by atoms with Gasteiger partial charge in [0.1, 0.15) is 0 Å². The highest BCUT2D eigenvalue weighted by molar-refractivity contribution is 5.46. The van der Waals surface area contributed by atoms with Crippen molar-refractivity contribution in [1.29, 1.82) is 0 Å². The van der Waals surface area contributed by atoms with Gasteiger partial charge in [0.05, 0.1) is 17.6 Å². The van der Waals surface area contributed by atoms with Crippen molar-refractivity contribution in [2.75, 3.05) is 18.0 Å². The molecule has 2 N–H and O–H groups in total. The number of anilines is 1. The second kappa shape index (κ2) is 5.49. The Labute approximate surface area is 117 Å². The zero-order chi connectivity index (χ0) is 14.0. The van der Waals surface area contributed by atoms with Crippen LogP contribution in [0.2, 0.25) is 0 Å². The van der Waals surface area contributed by atoms with Crippen LogP contribution in [0.1, 0.15) is 52.3 Å². The zero-order valence-electron chi connectivity index (χ0n) is 12.7. The third-order valence-electron chi connectivity index (χ3n) is 4.37. The fourth-order valence-electron chi connectivity index (χ4n) is 2.71. The molecule has 0 amide bonds. The molecule has 1 aliphatic rings. The summed E-state index contributed by atoms with van der Waals surface area (Å²) in [6.45, 7) is 11.4. The lowest BCUT2D eigenvalue weighted by Gasteiger charge is -2.27. The van der Waals surface area contributed by atoms with Crippen LogP contribution in [0.4, 0.5) is 5.69 Å². The van der Waals surface area contributed by atoms with Gasteiger partial charge in [0.15, 0.2) is 0 Å². The highest BCUT2D eigenvalue weighted by atomic mass is 15.2. The minimum atomic E-state index is 0.0648. The second-order valence-corrected chi connectivity index (χ2v) is 6.75. The van der Waals surface area contributed by atoms with E-state index < -0.39 is 0 Å². The topological polar surface area (TPSA) is 42.1 Å². The van der Waals surface area contributed by atoms with E-state index in [1.54, 1.807) is 0 Å². The minimum absolute atomic E-state index is 0.0648. The highest BCUT2D eigenvalue weighted by Gasteiger charge is 2.31. The fraction of sp³-hybridized carbons (Fsp3) is 0.688. The average Bonchev–Trinajstić information content (AvgIpc) is 2.87. The number of pyridine rings is 1. The molecule has 0 saturated carbocycles. The van der Waals surface area contributed by atoms with Crippen molar-refractivity contribution in [3.8, 4) is 0 Å². The molecule has 3 heteroatoms. The predicted molar refractivity (Wildman–Crippen MR) is 81.2 cm³/mol. The van der Waals surface area contributed by atoms with E-state index in [2.05, 4.69) is 49.7 Å². The van der Waals surface area contributed by atoms with E-state index in [4.69, 9.17) is 5.73 Å². The maximum Gasteiger partial charge on any atom is 0.0572 e. The summed E-state index contributed by atoms with van der Waals surface area (Å²) >= 11 is 0. The van der Waals surface area contributed by atoms with Crippen LogP contribution in [0.25, 0.3) is 0 Å². The Morgan fingerprint density at radius 3 is 2.63 bits per heavy atom. The zero-order valence-corrected chi connectivity index (χ0v) is 12.7. The van der Waals surface area contributed by atoms with E-state index in [9.17, 15) is 0 Å². The van der Waals surface area contributed by atoms with Gasteiger partial charge >= 0.3 is 0 Å². The van der Waals surface area contributed by atoms with Crippen LogP contribution in [0.15, 0.2) is 18.3 Å². The third kappa shape index (κ3) is 3.27. The molecule has 0 radical (unpaired) electrons. The molecule has 1 fully saturated rings. The van der Waals surface area contributed by atoms with Crippen LogP contribution in [-0.4, -0.2) is 18.1 Å². The lowest BCUT2D eigenvalue weighted by Crippen LogP contribution is -2.26. The molecule has 0 spiro atoms. The molecule has 106 valence electrons. The summed E-state index contributed by atoms with van der Waals surface area (Å²) in [5, 5.41) is 0. The smallest absolute Gasteiger partial charge is 0.0572 e. The SMILES string of the molecule is CC[C@H](N)c1ccc(N2CCC(C(C)(C)C)C2)cn1. The predicted octanol–water partition coefficient (Wildman–Crippen LogP) is 3.36.